The second kappa shape index (κ2) is 9.22. The van der Waals surface area contributed by atoms with Crippen LogP contribution in [0.4, 0.5) is 11.4 Å². The number of piperazine rings is 1. The Labute approximate surface area is 166 Å². The molecular formula is C23H27N3O2. The first-order valence-electron chi connectivity index (χ1n) is 9.74. The lowest BCUT2D eigenvalue weighted by Crippen LogP contribution is -2.48. The van der Waals surface area contributed by atoms with E-state index in [4.69, 9.17) is 0 Å². The van der Waals surface area contributed by atoms with E-state index in [1.807, 2.05) is 66.4 Å². The average Bonchev–Trinajstić information content (AvgIpc) is 2.73. The minimum atomic E-state index is -0.122. The van der Waals surface area contributed by atoms with E-state index in [1.54, 1.807) is 13.0 Å². The van der Waals surface area contributed by atoms with E-state index in [0.29, 0.717) is 0 Å². The van der Waals surface area contributed by atoms with Gasteiger partial charge in [0.05, 0.1) is 0 Å². The van der Waals surface area contributed by atoms with Crippen LogP contribution in [0.25, 0.3) is 5.57 Å². The van der Waals surface area contributed by atoms with Crippen molar-refractivity contribution in [3.05, 3.63) is 66.2 Å². The third-order valence-corrected chi connectivity index (χ3v) is 5.06. The van der Waals surface area contributed by atoms with E-state index >= 15 is 0 Å². The molecular weight excluding hydrogens is 350 g/mol. The number of hydrogen-bond acceptors (Lipinski definition) is 3. The Bertz CT molecular complexity index is 836. The molecule has 1 saturated heterocycles. The van der Waals surface area contributed by atoms with E-state index in [1.165, 1.54) is 0 Å². The van der Waals surface area contributed by atoms with Gasteiger partial charge in [0.2, 0.25) is 11.8 Å². The van der Waals surface area contributed by atoms with Crippen LogP contribution in [0.3, 0.4) is 0 Å². The molecule has 0 unspecified atom stereocenters. The molecule has 0 atom stereocenters. The highest BCUT2D eigenvalue weighted by Crippen LogP contribution is 2.21. The Morgan fingerprint density at radius 2 is 1.61 bits per heavy atom. The van der Waals surface area contributed by atoms with Crippen molar-refractivity contribution in [2.24, 2.45) is 0 Å². The Morgan fingerprint density at radius 3 is 2.18 bits per heavy atom. The minimum absolute atomic E-state index is 0.122. The number of nitrogens with one attached hydrogen (secondary N) is 1. The van der Waals surface area contributed by atoms with Crippen molar-refractivity contribution in [3.63, 3.8) is 0 Å². The molecule has 1 aliphatic heterocycles. The molecule has 28 heavy (non-hydrogen) atoms. The van der Waals surface area contributed by atoms with Crippen LogP contribution in [-0.2, 0) is 9.59 Å². The zero-order chi connectivity index (χ0) is 19.9. The Kier molecular flexibility index (Phi) is 6.48. The van der Waals surface area contributed by atoms with Gasteiger partial charge in [-0.1, -0.05) is 37.3 Å². The van der Waals surface area contributed by atoms with Crippen LogP contribution in [0.1, 0.15) is 25.8 Å². The zero-order valence-corrected chi connectivity index (χ0v) is 16.5. The number of carbonyl (C=O) groups is 2. The predicted molar refractivity (Wildman–Crippen MR) is 114 cm³/mol. The number of rotatable bonds is 5. The van der Waals surface area contributed by atoms with Crippen LogP contribution in [0, 0.1) is 0 Å². The summed E-state index contributed by atoms with van der Waals surface area (Å²) in [5.41, 5.74) is 3.96. The van der Waals surface area contributed by atoms with Gasteiger partial charge in [0.25, 0.3) is 0 Å². The van der Waals surface area contributed by atoms with Crippen molar-refractivity contribution in [1.29, 1.82) is 0 Å². The van der Waals surface area contributed by atoms with Crippen molar-refractivity contribution < 1.29 is 9.59 Å². The van der Waals surface area contributed by atoms with Crippen LogP contribution in [0.5, 0.6) is 0 Å². The first-order valence-corrected chi connectivity index (χ1v) is 9.74. The second-order valence-electron chi connectivity index (χ2n) is 6.92. The van der Waals surface area contributed by atoms with Crippen molar-refractivity contribution in [2.75, 3.05) is 36.4 Å². The van der Waals surface area contributed by atoms with Crippen LogP contribution in [-0.4, -0.2) is 42.9 Å². The molecule has 5 nitrogen and oxygen atoms in total. The number of hydrogen-bond donors (Lipinski definition) is 1. The van der Waals surface area contributed by atoms with E-state index in [-0.39, 0.29) is 11.8 Å². The van der Waals surface area contributed by atoms with Gasteiger partial charge >= 0.3 is 0 Å². The number of nitrogens with zero attached hydrogens (tertiary/aromatic N) is 2. The molecule has 0 aliphatic carbocycles. The smallest absolute Gasteiger partial charge is 0.248 e. The Morgan fingerprint density at radius 1 is 0.964 bits per heavy atom. The molecule has 0 aromatic heterocycles. The highest BCUT2D eigenvalue weighted by Gasteiger charge is 2.18. The summed E-state index contributed by atoms with van der Waals surface area (Å²) in [6.07, 6.45) is 2.47. The SMILES string of the molecule is CC/C(=C\C(=O)Nc1ccc(N2CCN(C(C)=O)CC2)cc1)c1ccccc1. The minimum Gasteiger partial charge on any atom is -0.368 e. The van der Waals surface area contributed by atoms with Crippen LogP contribution < -0.4 is 10.2 Å². The summed E-state index contributed by atoms with van der Waals surface area (Å²) in [7, 11) is 0. The fourth-order valence-corrected chi connectivity index (χ4v) is 3.41. The number of carbonyl (C=O) groups excluding carboxylic acids is 2. The number of amides is 2. The molecule has 146 valence electrons. The number of allylic oxidation sites excluding steroid dienone is 1. The third-order valence-electron chi connectivity index (χ3n) is 5.06. The molecule has 1 fully saturated rings. The molecule has 0 bridgehead atoms. The lowest BCUT2D eigenvalue weighted by molar-refractivity contribution is -0.129. The normalized spacial score (nSPS) is 14.7. The Balaban J connectivity index is 1.60. The average molecular weight is 377 g/mol. The van der Waals surface area contributed by atoms with Crippen molar-refractivity contribution in [1.82, 2.24) is 4.90 Å². The van der Waals surface area contributed by atoms with Crippen LogP contribution >= 0.6 is 0 Å². The summed E-state index contributed by atoms with van der Waals surface area (Å²) in [4.78, 5) is 28.0. The summed E-state index contributed by atoms with van der Waals surface area (Å²) in [5.74, 6) is 0.0104. The molecule has 0 spiro atoms. The van der Waals surface area contributed by atoms with Gasteiger partial charge in [-0.25, -0.2) is 0 Å². The van der Waals surface area contributed by atoms with Crippen LogP contribution in [0.2, 0.25) is 0 Å². The van der Waals surface area contributed by atoms with Gasteiger partial charge < -0.3 is 15.1 Å². The first kappa shape index (κ1) is 19.7. The monoisotopic (exact) mass is 377 g/mol. The summed E-state index contributed by atoms with van der Waals surface area (Å²) >= 11 is 0. The van der Waals surface area contributed by atoms with Gasteiger partial charge in [-0.05, 0) is 41.8 Å². The lowest BCUT2D eigenvalue weighted by Gasteiger charge is -2.35. The molecule has 1 heterocycles. The van der Waals surface area contributed by atoms with Gasteiger partial charge in [-0.2, -0.15) is 0 Å². The first-order chi connectivity index (χ1) is 13.6. The Hall–Kier alpha value is -3.08. The van der Waals surface area contributed by atoms with E-state index in [9.17, 15) is 9.59 Å². The quantitative estimate of drug-likeness (QED) is 0.807. The maximum absolute atomic E-state index is 12.4. The molecule has 1 aliphatic rings. The fraction of sp³-hybridized carbons (Fsp3) is 0.304. The molecule has 2 amide bonds. The van der Waals surface area contributed by atoms with E-state index in [2.05, 4.69) is 10.2 Å². The largest absolute Gasteiger partial charge is 0.368 e. The van der Waals surface area contributed by atoms with Gasteiger partial charge in [0, 0.05) is 50.6 Å². The molecule has 2 aromatic carbocycles. The van der Waals surface area contributed by atoms with Gasteiger partial charge in [0.1, 0.15) is 0 Å². The van der Waals surface area contributed by atoms with E-state index in [0.717, 1.165) is 55.1 Å². The molecule has 5 heteroatoms. The summed E-state index contributed by atoms with van der Waals surface area (Å²) in [6, 6.07) is 17.8. The van der Waals surface area contributed by atoms with Gasteiger partial charge in [0.15, 0.2) is 0 Å². The van der Waals surface area contributed by atoms with Gasteiger partial charge in [-0.3, -0.25) is 9.59 Å². The number of anilines is 2. The lowest BCUT2D eigenvalue weighted by atomic mass is 10.0. The number of benzene rings is 2. The molecule has 0 radical (unpaired) electrons. The second-order valence-corrected chi connectivity index (χ2v) is 6.92. The topological polar surface area (TPSA) is 52.7 Å². The predicted octanol–water partition coefficient (Wildman–Crippen LogP) is 3.79. The maximum Gasteiger partial charge on any atom is 0.248 e. The van der Waals surface area contributed by atoms with Crippen molar-refractivity contribution in [2.45, 2.75) is 20.3 Å². The van der Waals surface area contributed by atoms with Crippen LogP contribution in [0.15, 0.2) is 60.7 Å². The highest BCUT2D eigenvalue weighted by atomic mass is 16.2. The van der Waals surface area contributed by atoms with Gasteiger partial charge in [-0.15, -0.1) is 0 Å². The molecule has 2 aromatic rings. The standard InChI is InChI=1S/C23H27N3O2/c1-3-19(20-7-5-4-6-8-20)17-23(28)24-21-9-11-22(12-10-21)26-15-13-25(14-16-26)18(2)27/h4-12,17H,3,13-16H2,1-2H3,(H,24,28)/b19-17+. The molecule has 0 saturated carbocycles. The van der Waals surface area contributed by atoms with Crippen molar-refractivity contribution in [3.8, 4) is 0 Å². The molecule has 1 N–H and O–H groups in total. The van der Waals surface area contributed by atoms with Crippen molar-refractivity contribution >= 4 is 28.8 Å². The maximum atomic E-state index is 12.4. The summed E-state index contributed by atoms with van der Waals surface area (Å²) in [6.45, 7) is 6.81. The molecule has 3 rings (SSSR count). The summed E-state index contributed by atoms with van der Waals surface area (Å²) in [5, 5.41) is 2.94. The summed E-state index contributed by atoms with van der Waals surface area (Å²) < 4.78 is 0. The highest BCUT2D eigenvalue weighted by molar-refractivity contribution is 6.04. The third kappa shape index (κ3) is 5.00. The van der Waals surface area contributed by atoms with E-state index < -0.39 is 0 Å². The zero-order valence-electron chi connectivity index (χ0n) is 16.5. The fourth-order valence-electron chi connectivity index (χ4n) is 3.41.